The Balaban J connectivity index is 2.28. The van der Waals surface area contributed by atoms with Crippen molar-refractivity contribution in [3.63, 3.8) is 0 Å². The smallest absolute Gasteiger partial charge is 0.263 e. The third-order valence-electron chi connectivity index (χ3n) is 3.73. The molecule has 0 aliphatic carbocycles. The number of ether oxygens (including phenoxy) is 1. The molecule has 4 nitrogen and oxygen atoms in total. The zero-order valence-electron chi connectivity index (χ0n) is 14.0. The molecule has 0 heterocycles. The summed E-state index contributed by atoms with van der Waals surface area (Å²) >= 11 is 4.92. The number of carbonyl (C=O) groups excluding carboxylic acids is 1. The Morgan fingerprint density at radius 1 is 1.04 bits per heavy atom. The molecule has 0 atom stereocenters. The van der Waals surface area contributed by atoms with E-state index in [4.69, 9.17) is 12.2 Å². The monoisotopic (exact) mass is 386 g/mol. The maximum atomic E-state index is 13.9. The van der Waals surface area contributed by atoms with Gasteiger partial charge in [0.15, 0.2) is 22.5 Å². The first-order valence-electron chi connectivity index (χ1n) is 7.27. The molecule has 2 N–H and O–H groups in total. The first-order chi connectivity index (χ1) is 12.2. The van der Waals surface area contributed by atoms with E-state index < -0.39 is 40.5 Å². The van der Waals surface area contributed by atoms with Crippen molar-refractivity contribution in [2.75, 3.05) is 12.4 Å². The summed E-state index contributed by atoms with van der Waals surface area (Å²) < 4.78 is 59.6. The summed E-state index contributed by atoms with van der Waals surface area (Å²) in [5, 5.41) is 4.38. The maximum Gasteiger partial charge on any atom is 0.263 e. The van der Waals surface area contributed by atoms with Gasteiger partial charge in [0.2, 0.25) is 11.6 Å². The number of amides is 1. The molecule has 0 radical (unpaired) electrons. The molecule has 0 aromatic heterocycles. The number of aryl methyl sites for hydroxylation is 1. The molecule has 0 saturated heterocycles. The lowest BCUT2D eigenvalue weighted by Crippen LogP contribution is -2.35. The number of hydrogen-bond acceptors (Lipinski definition) is 3. The molecule has 9 heteroatoms. The number of methoxy groups -OCH3 is 1. The average molecular weight is 386 g/mol. The van der Waals surface area contributed by atoms with E-state index in [1.54, 1.807) is 19.1 Å². The summed E-state index contributed by atoms with van der Waals surface area (Å²) in [7, 11) is 0.837. The van der Waals surface area contributed by atoms with E-state index in [0.717, 1.165) is 18.2 Å². The van der Waals surface area contributed by atoms with Gasteiger partial charge in [-0.05, 0) is 43.3 Å². The molecular weight excluding hydrogens is 372 g/mol. The standard InChI is InChI=1S/C17H14F4N2O2S/c1-7-5-4-6-9(8(7)2)22-17(26)23-16(24)10-11(18)13(20)15(25-3)14(21)12(10)19/h4-6H,1-3H3,(H2,22,23,24,26). The highest BCUT2D eigenvalue weighted by Crippen LogP contribution is 2.29. The zero-order chi connectivity index (χ0) is 19.6. The van der Waals surface area contributed by atoms with E-state index in [2.05, 4.69) is 10.1 Å². The molecule has 0 unspecified atom stereocenters. The van der Waals surface area contributed by atoms with E-state index in [0.29, 0.717) is 5.69 Å². The SMILES string of the molecule is COc1c(F)c(F)c(C(=O)NC(=S)Nc2cccc(C)c2C)c(F)c1F. The van der Waals surface area contributed by atoms with Crippen molar-refractivity contribution >= 4 is 28.9 Å². The van der Waals surface area contributed by atoms with Crippen molar-refractivity contribution in [1.29, 1.82) is 0 Å². The Kier molecular flexibility index (Phi) is 5.81. The van der Waals surface area contributed by atoms with Crippen LogP contribution in [0, 0.1) is 37.1 Å². The summed E-state index contributed by atoms with van der Waals surface area (Å²) in [5.41, 5.74) is 0.901. The van der Waals surface area contributed by atoms with Crippen molar-refractivity contribution in [3.8, 4) is 5.75 Å². The van der Waals surface area contributed by atoms with Crippen LogP contribution in [0.25, 0.3) is 0 Å². The van der Waals surface area contributed by atoms with Crippen molar-refractivity contribution in [2.24, 2.45) is 0 Å². The van der Waals surface area contributed by atoms with E-state index in [1.165, 1.54) is 0 Å². The van der Waals surface area contributed by atoms with Gasteiger partial charge in [-0.25, -0.2) is 8.78 Å². The molecule has 0 spiro atoms. The number of rotatable bonds is 3. The second-order valence-corrected chi connectivity index (χ2v) is 5.73. The van der Waals surface area contributed by atoms with Gasteiger partial charge in [0.25, 0.3) is 5.91 Å². The number of thiocarbonyl (C=S) groups is 1. The van der Waals surface area contributed by atoms with Gasteiger partial charge >= 0.3 is 0 Å². The minimum atomic E-state index is -1.88. The fourth-order valence-corrected chi connectivity index (χ4v) is 2.40. The third kappa shape index (κ3) is 3.62. The fraction of sp³-hybridized carbons (Fsp3) is 0.176. The molecule has 0 aliphatic rings. The largest absolute Gasteiger partial charge is 0.491 e. The van der Waals surface area contributed by atoms with Gasteiger partial charge in [0, 0.05) is 5.69 Å². The highest BCUT2D eigenvalue weighted by molar-refractivity contribution is 7.80. The number of halogens is 4. The Labute approximate surface area is 152 Å². The van der Waals surface area contributed by atoms with Gasteiger partial charge < -0.3 is 10.1 Å². The zero-order valence-corrected chi connectivity index (χ0v) is 14.8. The molecule has 0 saturated carbocycles. The fourth-order valence-electron chi connectivity index (χ4n) is 2.20. The van der Waals surface area contributed by atoms with Crippen LogP contribution in [0.3, 0.4) is 0 Å². The Bertz CT molecular complexity index is 874. The molecule has 26 heavy (non-hydrogen) atoms. The molecule has 2 aromatic carbocycles. The number of anilines is 1. The number of benzene rings is 2. The Hall–Kier alpha value is -2.68. The summed E-state index contributed by atoms with van der Waals surface area (Å²) in [5.74, 6) is -10.1. The van der Waals surface area contributed by atoms with Gasteiger partial charge in [0.1, 0.15) is 5.56 Å². The minimum Gasteiger partial charge on any atom is -0.491 e. The van der Waals surface area contributed by atoms with Crippen LogP contribution in [0.1, 0.15) is 21.5 Å². The van der Waals surface area contributed by atoms with Gasteiger partial charge in [-0.15, -0.1) is 0 Å². The van der Waals surface area contributed by atoms with Crippen LogP contribution in [0.15, 0.2) is 18.2 Å². The Morgan fingerprint density at radius 3 is 2.15 bits per heavy atom. The molecule has 2 aromatic rings. The van der Waals surface area contributed by atoms with E-state index in [9.17, 15) is 22.4 Å². The van der Waals surface area contributed by atoms with Crippen molar-refractivity contribution in [1.82, 2.24) is 5.32 Å². The number of nitrogens with one attached hydrogen (secondary N) is 2. The summed E-state index contributed by atoms with van der Waals surface area (Å²) in [6.07, 6.45) is 0. The minimum absolute atomic E-state index is 0.292. The van der Waals surface area contributed by atoms with E-state index in [-0.39, 0.29) is 5.11 Å². The molecule has 2 rings (SSSR count). The van der Waals surface area contributed by atoms with Crippen LogP contribution >= 0.6 is 12.2 Å². The molecule has 0 bridgehead atoms. The van der Waals surface area contributed by atoms with Crippen LogP contribution < -0.4 is 15.4 Å². The molecule has 138 valence electrons. The van der Waals surface area contributed by atoms with Crippen LogP contribution in [-0.2, 0) is 0 Å². The van der Waals surface area contributed by atoms with Crippen LogP contribution in [0.2, 0.25) is 0 Å². The van der Waals surface area contributed by atoms with Crippen molar-refractivity contribution in [2.45, 2.75) is 13.8 Å². The summed E-state index contributed by atoms with van der Waals surface area (Å²) in [6, 6.07) is 5.27. The topological polar surface area (TPSA) is 50.4 Å². The third-order valence-corrected chi connectivity index (χ3v) is 3.94. The lowest BCUT2D eigenvalue weighted by Gasteiger charge is -2.14. The lowest BCUT2D eigenvalue weighted by molar-refractivity contribution is 0.0966. The molecular formula is C17H14F4N2O2S. The van der Waals surface area contributed by atoms with Gasteiger partial charge in [-0.1, -0.05) is 12.1 Å². The summed E-state index contributed by atoms with van der Waals surface area (Å²) in [4.78, 5) is 12.1. The van der Waals surface area contributed by atoms with E-state index in [1.807, 2.05) is 18.3 Å². The number of carbonyl (C=O) groups is 1. The number of hydrogen-bond donors (Lipinski definition) is 2. The van der Waals surface area contributed by atoms with Crippen molar-refractivity contribution < 1.29 is 27.1 Å². The normalized spacial score (nSPS) is 10.4. The quantitative estimate of drug-likeness (QED) is 0.476. The molecule has 1 amide bonds. The van der Waals surface area contributed by atoms with Gasteiger partial charge in [-0.3, -0.25) is 10.1 Å². The van der Waals surface area contributed by atoms with Crippen LogP contribution in [0.5, 0.6) is 5.75 Å². The molecule has 0 aliphatic heterocycles. The maximum absolute atomic E-state index is 13.9. The Morgan fingerprint density at radius 2 is 1.62 bits per heavy atom. The first-order valence-corrected chi connectivity index (χ1v) is 7.68. The lowest BCUT2D eigenvalue weighted by atomic mass is 10.1. The average Bonchev–Trinajstić information content (AvgIpc) is 2.58. The molecule has 0 fully saturated rings. The highest BCUT2D eigenvalue weighted by atomic mass is 32.1. The van der Waals surface area contributed by atoms with Gasteiger partial charge in [-0.2, -0.15) is 8.78 Å². The predicted molar refractivity (Wildman–Crippen MR) is 92.4 cm³/mol. The van der Waals surface area contributed by atoms with Crippen molar-refractivity contribution in [3.05, 3.63) is 58.2 Å². The first kappa shape index (κ1) is 19.6. The van der Waals surface area contributed by atoms with Crippen LogP contribution in [-0.4, -0.2) is 18.1 Å². The van der Waals surface area contributed by atoms with E-state index >= 15 is 0 Å². The highest BCUT2D eigenvalue weighted by Gasteiger charge is 2.30. The second-order valence-electron chi connectivity index (χ2n) is 5.32. The predicted octanol–water partition coefficient (Wildman–Crippen LogP) is 4.00. The summed E-state index contributed by atoms with van der Waals surface area (Å²) in [6.45, 7) is 3.66. The van der Waals surface area contributed by atoms with Crippen LogP contribution in [0.4, 0.5) is 23.2 Å². The second kappa shape index (κ2) is 7.69. The van der Waals surface area contributed by atoms with Gasteiger partial charge in [0.05, 0.1) is 7.11 Å².